The fourth-order valence-electron chi connectivity index (χ4n) is 2.87. The molecule has 1 amide bonds. The van der Waals surface area contributed by atoms with Gasteiger partial charge in [0, 0.05) is 55.8 Å². The van der Waals surface area contributed by atoms with Gasteiger partial charge in [-0.15, -0.1) is 24.0 Å². The Kier molecular flexibility index (Phi) is 11.9. The third-order valence-corrected chi connectivity index (χ3v) is 4.71. The normalized spacial score (nSPS) is 16.6. The van der Waals surface area contributed by atoms with Crippen molar-refractivity contribution in [2.24, 2.45) is 10.9 Å². The molecule has 1 aromatic carbocycles. The van der Waals surface area contributed by atoms with E-state index in [1.54, 1.807) is 0 Å². The molecule has 0 aliphatic carbocycles. The molecule has 0 saturated carbocycles. The summed E-state index contributed by atoms with van der Waals surface area (Å²) in [4.78, 5) is 18.9. The number of carbonyl (C=O) groups excluding carboxylic acids is 1. The zero-order valence-electron chi connectivity index (χ0n) is 16.0. The van der Waals surface area contributed by atoms with Gasteiger partial charge in [0.1, 0.15) is 0 Å². The van der Waals surface area contributed by atoms with Gasteiger partial charge in [0.05, 0.1) is 6.61 Å². The third kappa shape index (κ3) is 8.78. The summed E-state index contributed by atoms with van der Waals surface area (Å²) in [7, 11) is 2.06. The molecule has 1 atom stereocenters. The third-order valence-electron chi connectivity index (χ3n) is 4.22. The molecule has 2 N–H and O–H groups in total. The summed E-state index contributed by atoms with van der Waals surface area (Å²) in [5, 5.41) is 6.27. The number of aliphatic imine (C=N–C) groups is 1. The van der Waals surface area contributed by atoms with Crippen LogP contribution in [-0.2, 0) is 4.74 Å². The van der Waals surface area contributed by atoms with E-state index in [4.69, 9.17) is 4.74 Å². The highest BCUT2D eigenvalue weighted by atomic mass is 127. The van der Waals surface area contributed by atoms with E-state index >= 15 is 0 Å². The number of nitrogens with one attached hydrogen (secondary N) is 2. The first-order valence-electron chi connectivity index (χ1n) is 9.21. The van der Waals surface area contributed by atoms with Gasteiger partial charge in [-0.05, 0) is 38.0 Å². The number of nitrogens with zero attached hydrogens (tertiary/aromatic N) is 2. The van der Waals surface area contributed by atoms with Crippen LogP contribution in [0.4, 0.5) is 0 Å². The first kappa shape index (κ1) is 24.2. The maximum atomic E-state index is 12.1. The first-order valence-corrected chi connectivity index (χ1v) is 10.0. The van der Waals surface area contributed by atoms with Crippen LogP contribution in [0.5, 0.6) is 0 Å². The second-order valence-electron chi connectivity index (χ2n) is 6.47. The number of ether oxygens (including phenoxy) is 1. The Bertz CT molecular complexity index is 609. The summed E-state index contributed by atoms with van der Waals surface area (Å²) in [5.41, 5.74) is 0.662. The molecule has 27 heavy (non-hydrogen) atoms. The van der Waals surface area contributed by atoms with Crippen LogP contribution in [0.15, 0.2) is 33.7 Å². The Hall–Kier alpha value is -0.870. The maximum absolute atomic E-state index is 12.1. The Balaban J connectivity index is 0.00000364. The number of amides is 1. The second kappa shape index (κ2) is 13.3. The van der Waals surface area contributed by atoms with Crippen molar-refractivity contribution in [2.75, 3.05) is 46.4 Å². The van der Waals surface area contributed by atoms with Gasteiger partial charge in [-0.25, -0.2) is 0 Å². The topological polar surface area (TPSA) is 66.0 Å². The molecule has 0 spiro atoms. The van der Waals surface area contributed by atoms with Crippen molar-refractivity contribution >= 4 is 51.8 Å². The van der Waals surface area contributed by atoms with Gasteiger partial charge in [0.15, 0.2) is 5.96 Å². The molecule has 1 aromatic rings. The van der Waals surface area contributed by atoms with E-state index < -0.39 is 0 Å². The van der Waals surface area contributed by atoms with Gasteiger partial charge in [-0.1, -0.05) is 22.0 Å². The minimum atomic E-state index is -0.0551. The van der Waals surface area contributed by atoms with Crippen LogP contribution in [0.2, 0.25) is 0 Å². The van der Waals surface area contributed by atoms with Crippen molar-refractivity contribution in [3.8, 4) is 0 Å². The molecule has 2 rings (SSSR count). The van der Waals surface area contributed by atoms with Crippen molar-refractivity contribution in [3.05, 3.63) is 34.3 Å². The largest absolute Gasteiger partial charge is 0.381 e. The van der Waals surface area contributed by atoms with Crippen LogP contribution in [0.3, 0.4) is 0 Å². The standard InChI is InChI=1S/C19H29BrN4O2.HI/c1-3-21-19(24(2)13-15-8-11-26-14-15)23-10-5-9-22-18(25)16-6-4-7-17(20)12-16;/h4,6-7,12,15H,3,5,8-11,13-14H2,1-2H3,(H,21,23)(H,22,25);1H. The van der Waals surface area contributed by atoms with Crippen LogP contribution < -0.4 is 10.6 Å². The Labute approximate surface area is 187 Å². The van der Waals surface area contributed by atoms with Crippen LogP contribution in [0, 0.1) is 5.92 Å². The quantitative estimate of drug-likeness (QED) is 0.225. The zero-order valence-corrected chi connectivity index (χ0v) is 20.0. The fraction of sp³-hybridized carbons (Fsp3) is 0.579. The molecule has 1 heterocycles. The highest BCUT2D eigenvalue weighted by Gasteiger charge is 2.18. The lowest BCUT2D eigenvalue weighted by Gasteiger charge is -2.24. The summed E-state index contributed by atoms with van der Waals surface area (Å²) in [6, 6.07) is 7.39. The predicted octanol–water partition coefficient (Wildman–Crippen LogP) is 3.12. The zero-order chi connectivity index (χ0) is 18.8. The molecular weight excluding hydrogens is 523 g/mol. The van der Waals surface area contributed by atoms with E-state index in [0.29, 0.717) is 24.6 Å². The summed E-state index contributed by atoms with van der Waals surface area (Å²) in [5.74, 6) is 1.44. The van der Waals surface area contributed by atoms with Gasteiger partial charge >= 0.3 is 0 Å². The lowest BCUT2D eigenvalue weighted by atomic mass is 10.1. The predicted molar refractivity (Wildman–Crippen MR) is 124 cm³/mol. The van der Waals surface area contributed by atoms with Crippen LogP contribution in [0.1, 0.15) is 30.1 Å². The van der Waals surface area contributed by atoms with E-state index in [1.165, 1.54) is 0 Å². The Morgan fingerprint density at radius 1 is 1.41 bits per heavy atom. The van der Waals surface area contributed by atoms with E-state index in [9.17, 15) is 4.79 Å². The molecular formula is C19H30BrIN4O2. The van der Waals surface area contributed by atoms with E-state index in [-0.39, 0.29) is 29.9 Å². The van der Waals surface area contributed by atoms with E-state index in [0.717, 1.165) is 49.6 Å². The monoisotopic (exact) mass is 552 g/mol. The minimum Gasteiger partial charge on any atom is -0.381 e. The summed E-state index contributed by atoms with van der Waals surface area (Å²) in [6.45, 7) is 6.84. The molecule has 0 bridgehead atoms. The molecule has 8 heteroatoms. The molecule has 1 unspecified atom stereocenters. The fourth-order valence-corrected chi connectivity index (χ4v) is 3.27. The number of halogens is 2. The molecule has 0 radical (unpaired) electrons. The molecule has 1 aliphatic heterocycles. The van der Waals surface area contributed by atoms with Crippen molar-refractivity contribution < 1.29 is 9.53 Å². The summed E-state index contributed by atoms with van der Waals surface area (Å²) in [6.07, 6.45) is 1.92. The molecule has 152 valence electrons. The van der Waals surface area contributed by atoms with Gasteiger partial charge < -0.3 is 20.3 Å². The Morgan fingerprint density at radius 2 is 2.22 bits per heavy atom. The molecule has 1 aliphatic rings. The number of guanidine groups is 1. The number of carbonyl (C=O) groups is 1. The molecule has 6 nitrogen and oxygen atoms in total. The number of hydrogen-bond acceptors (Lipinski definition) is 3. The number of benzene rings is 1. The molecule has 1 fully saturated rings. The van der Waals surface area contributed by atoms with Crippen LogP contribution in [0.25, 0.3) is 0 Å². The lowest BCUT2D eigenvalue weighted by molar-refractivity contribution is 0.0953. The Morgan fingerprint density at radius 3 is 2.89 bits per heavy atom. The average Bonchev–Trinajstić information content (AvgIpc) is 3.13. The maximum Gasteiger partial charge on any atom is 0.251 e. The van der Waals surface area contributed by atoms with Gasteiger partial charge in [-0.2, -0.15) is 0 Å². The van der Waals surface area contributed by atoms with Gasteiger partial charge in [0.25, 0.3) is 5.91 Å². The smallest absolute Gasteiger partial charge is 0.251 e. The molecule has 0 aromatic heterocycles. The lowest BCUT2D eigenvalue weighted by Crippen LogP contribution is -2.41. The molecule has 1 saturated heterocycles. The second-order valence-corrected chi connectivity index (χ2v) is 7.38. The van der Waals surface area contributed by atoms with E-state index in [1.807, 2.05) is 24.3 Å². The van der Waals surface area contributed by atoms with Crippen molar-refractivity contribution in [2.45, 2.75) is 19.8 Å². The van der Waals surface area contributed by atoms with Crippen LogP contribution >= 0.6 is 39.9 Å². The number of rotatable bonds is 8. The van der Waals surface area contributed by atoms with E-state index in [2.05, 4.69) is 50.4 Å². The minimum absolute atomic E-state index is 0. The number of hydrogen-bond donors (Lipinski definition) is 2. The van der Waals surface area contributed by atoms with Gasteiger partial charge in [0.2, 0.25) is 0 Å². The SMILES string of the molecule is CCNC(=NCCCNC(=O)c1cccc(Br)c1)N(C)CC1CCOC1.I. The van der Waals surface area contributed by atoms with Crippen molar-refractivity contribution in [3.63, 3.8) is 0 Å². The van der Waals surface area contributed by atoms with Crippen molar-refractivity contribution in [1.29, 1.82) is 0 Å². The average molecular weight is 553 g/mol. The van der Waals surface area contributed by atoms with Crippen LogP contribution in [-0.4, -0.2) is 63.2 Å². The van der Waals surface area contributed by atoms with Crippen molar-refractivity contribution in [1.82, 2.24) is 15.5 Å². The highest BCUT2D eigenvalue weighted by molar-refractivity contribution is 14.0. The summed E-state index contributed by atoms with van der Waals surface area (Å²) >= 11 is 3.38. The summed E-state index contributed by atoms with van der Waals surface area (Å²) < 4.78 is 6.35. The van der Waals surface area contributed by atoms with Gasteiger partial charge in [-0.3, -0.25) is 9.79 Å². The first-order chi connectivity index (χ1) is 12.6. The highest BCUT2D eigenvalue weighted by Crippen LogP contribution is 2.13.